The second kappa shape index (κ2) is 7.23. The molecule has 7 nitrogen and oxygen atoms in total. The number of aromatic nitrogens is 1. The number of hydrogen-bond acceptors (Lipinski definition) is 5. The Hall–Kier alpha value is -2.13. The lowest BCUT2D eigenvalue weighted by Gasteiger charge is -2.12. The first kappa shape index (κ1) is 19.8. The first-order valence-corrected chi connectivity index (χ1v) is 11.8. The van der Waals surface area contributed by atoms with Crippen LogP contribution in [0.2, 0.25) is 10.0 Å². The molecule has 1 heterocycles. The molecular weight excluding hydrogens is 449 g/mol. The predicted octanol–water partition coefficient (Wildman–Crippen LogP) is 4.71. The van der Waals surface area contributed by atoms with E-state index < -0.39 is 15.9 Å². The fourth-order valence-corrected chi connectivity index (χ4v) is 5.28. The molecule has 0 radical (unpaired) electrons. The van der Waals surface area contributed by atoms with Crippen molar-refractivity contribution in [3.05, 3.63) is 51.8 Å². The van der Waals surface area contributed by atoms with E-state index in [1.165, 1.54) is 12.1 Å². The third-order valence-electron chi connectivity index (χ3n) is 5.04. The fourth-order valence-electron chi connectivity index (χ4n) is 3.12. The molecule has 2 aromatic carbocycles. The van der Waals surface area contributed by atoms with Gasteiger partial charge in [0, 0.05) is 17.6 Å². The van der Waals surface area contributed by atoms with Gasteiger partial charge in [-0.25, -0.2) is 18.1 Å². The number of rotatable bonds is 6. The fraction of sp³-hybridized carbons (Fsp3) is 0.300. The van der Waals surface area contributed by atoms with Gasteiger partial charge in [0.05, 0.1) is 15.6 Å². The van der Waals surface area contributed by atoms with Gasteiger partial charge in [0.15, 0.2) is 11.5 Å². The maximum Gasteiger partial charge on any atom is 0.257 e. The number of benzene rings is 2. The van der Waals surface area contributed by atoms with Crippen LogP contribution in [0.1, 0.15) is 47.8 Å². The molecule has 2 aliphatic carbocycles. The summed E-state index contributed by atoms with van der Waals surface area (Å²) in [6.07, 6.45) is 3.72. The summed E-state index contributed by atoms with van der Waals surface area (Å²) in [7, 11) is -3.84. The van der Waals surface area contributed by atoms with E-state index in [-0.39, 0.29) is 26.5 Å². The van der Waals surface area contributed by atoms with Crippen LogP contribution in [0.25, 0.3) is 11.1 Å². The minimum absolute atomic E-state index is 0.0103. The van der Waals surface area contributed by atoms with E-state index in [2.05, 4.69) is 15.0 Å². The van der Waals surface area contributed by atoms with E-state index in [1.54, 1.807) is 18.2 Å². The Labute approximate surface area is 182 Å². The molecule has 0 aliphatic heterocycles. The van der Waals surface area contributed by atoms with Crippen LogP contribution in [0.4, 0.5) is 5.69 Å². The number of oxazole rings is 1. The third-order valence-corrected chi connectivity index (χ3v) is 7.34. The molecule has 5 rings (SSSR count). The van der Waals surface area contributed by atoms with Crippen molar-refractivity contribution in [2.24, 2.45) is 0 Å². The Morgan fingerprint density at radius 2 is 1.83 bits per heavy atom. The van der Waals surface area contributed by atoms with Gasteiger partial charge in [0.1, 0.15) is 10.4 Å². The van der Waals surface area contributed by atoms with Crippen LogP contribution in [0.5, 0.6) is 0 Å². The molecule has 0 saturated heterocycles. The maximum absolute atomic E-state index is 12.8. The lowest BCUT2D eigenvalue weighted by molar-refractivity contribution is 0.102. The van der Waals surface area contributed by atoms with Gasteiger partial charge in [-0.3, -0.25) is 4.79 Å². The van der Waals surface area contributed by atoms with Crippen LogP contribution in [0, 0.1) is 0 Å². The molecule has 2 saturated carbocycles. The molecule has 0 bridgehead atoms. The number of nitrogens with zero attached hydrogens (tertiary/aromatic N) is 1. The number of sulfonamides is 1. The predicted molar refractivity (Wildman–Crippen MR) is 114 cm³/mol. The summed E-state index contributed by atoms with van der Waals surface area (Å²) in [6, 6.07) is 7.51. The second-order valence-electron chi connectivity index (χ2n) is 7.62. The SMILES string of the molecule is O=C(Nc1ccc2oc(C3CC3)nc2c1)c1cc(S(=O)(=O)NC2CC2)c(Cl)cc1Cl. The van der Waals surface area contributed by atoms with Crippen molar-refractivity contribution >= 4 is 55.9 Å². The topological polar surface area (TPSA) is 101 Å². The first-order valence-electron chi connectivity index (χ1n) is 9.53. The van der Waals surface area contributed by atoms with Crippen molar-refractivity contribution in [2.45, 2.75) is 42.5 Å². The maximum atomic E-state index is 12.8. The molecular formula is C20H17Cl2N3O4S. The van der Waals surface area contributed by atoms with Crippen LogP contribution in [0.15, 0.2) is 39.6 Å². The van der Waals surface area contributed by atoms with Crippen LogP contribution < -0.4 is 10.0 Å². The largest absolute Gasteiger partial charge is 0.440 e. The Bertz CT molecular complexity index is 1280. The molecule has 156 valence electrons. The highest BCUT2D eigenvalue weighted by Gasteiger charge is 2.31. The zero-order valence-electron chi connectivity index (χ0n) is 15.6. The normalized spacial score (nSPS) is 16.7. The van der Waals surface area contributed by atoms with Crippen molar-refractivity contribution in [3.8, 4) is 0 Å². The second-order valence-corrected chi connectivity index (χ2v) is 10.1. The highest BCUT2D eigenvalue weighted by Crippen LogP contribution is 2.40. The van der Waals surface area contributed by atoms with Gasteiger partial charge < -0.3 is 9.73 Å². The van der Waals surface area contributed by atoms with Crippen molar-refractivity contribution in [1.82, 2.24) is 9.71 Å². The number of anilines is 1. The van der Waals surface area contributed by atoms with Gasteiger partial charge in [-0.2, -0.15) is 0 Å². The van der Waals surface area contributed by atoms with Gasteiger partial charge >= 0.3 is 0 Å². The lowest BCUT2D eigenvalue weighted by Crippen LogP contribution is -2.26. The van der Waals surface area contributed by atoms with E-state index in [0.29, 0.717) is 28.6 Å². The smallest absolute Gasteiger partial charge is 0.257 e. The summed E-state index contributed by atoms with van der Waals surface area (Å²) in [5, 5.41) is 2.75. The zero-order valence-corrected chi connectivity index (χ0v) is 17.9. The standard InChI is InChI=1S/C20H17Cl2N3O4S/c21-14-9-15(22)18(30(27,28)25-11-3-4-11)8-13(14)19(26)23-12-5-6-17-16(7-12)24-20(29-17)10-1-2-10/h5-11,25H,1-4H2,(H,23,26). The monoisotopic (exact) mass is 465 g/mol. The first-order chi connectivity index (χ1) is 14.3. The van der Waals surface area contributed by atoms with Gasteiger partial charge in [-0.15, -0.1) is 0 Å². The number of halogens is 2. The Balaban J connectivity index is 1.42. The van der Waals surface area contributed by atoms with Gasteiger partial charge in [0.2, 0.25) is 10.0 Å². The molecule has 1 aromatic heterocycles. The molecule has 30 heavy (non-hydrogen) atoms. The molecule has 0 atom stereocenters. The third kappa shape index (κ3) is 3.92. The Kier molecular flexibility index (Phi) is 4.77. The highest BCUT2D eigenvalue weighted by molar-refractivity contribution is 7.89. The van der Waals surface area contributed by atoms with Crippen LogP contribution in [0.3, 0.4) is 0 Å². The Morgan fingerprint density at radius 3 is 2.53 bits per heavy atom. The molecule has 0 unspecified atom stereocenters. The average molecular weight is 466 g/mol. The van der Waals surface area contributed by atoms with Gasteiger partial charge in [-0.05, 0) is 56.0 Å². The number of fused-ring (bicyclic) bond motifs is 1. The molecule has 2 N–H and O–H groups in total. The van der Waals surface area contributed by atoms with Crippen LogP contribution in [-0.4, -0.2) is 25.4 Å². The van der Waals surface area contributed by atoms with Crippen molar-refractivity contribution in [3.63, 3.8) is 0 Å². The number of carbonyl (C=O) groups excluding carboxylic acids is 1. The molecule has 1 amide bonds. The minimum atomic E-state index is -3.84. The summed E-state index contributed by atoms with van der Waals surface area (Å²) in [5.41, 5.74) is 1.80. The minimum Gasteiger partial charge on any atom is -0.440 e. The van der Waals surface area contributed by atoms with E-state index in [4.69, 9.17) is 27.6 Å². The van der Waals surface area contributed by atoms with E-state index in [9.17, 15) is 13.2 Å². The summed E-state index contributed by atoms with van der Waals surface area (Å²) < 4.78 is 33.4. The van der Waals surface area contributed by atoms with Gasteiger partial charge in [-0.1, -0.05) is 23.2 Å². The van der Waals surface area contributed by atoms with Crippen molar-refractivity contribution in [2.75, 3.05) is 5.32 Å². The average Bonchev–Trinajstić information content (AvgIpc) is 3.60. The molecule has 3 aromatic rings. The van der Waals surface area contributed by atoms with Crippen molar-refractivity contribution < 1.29 is 17.6 Å². The summed E-state index contributed by atoms with van der Waals surface area (Å²) in [6.45, 7) is 0. The molecule has 0 spiro atoms. The lowest BCUT2D eigenvalue weighted by atomic mass is 10.2. The van der Waals surface area contributed by atoms with E-state index in [0.717, 1.165) is 25.7 Å². The van der Waals surface area contributed by atoms with Crippen molar-refractivity contribution in [1.29, 1.82) is 0 Å². The number of hydrogen-bond donors (Lipinski definition) is 2. The quantitative estimate of drug-likeness (QED) is 0.548. The van der Waals surface area contributed by atoms with Gasteiger partial charge in [0.25, 0.3) is 5.91 Å². The van der Waals surface area contributed by atoms with E-state index in [1.807, 2.05) is 0 Å². The highest BCUT2D eigenvalue weighted by atomic mass is 35.5. The summed E-state index contributed by atoms with van der Waals surface area (Å²) in [4.78, 5) is 17.1. The summed E-state index contributed by atoms with van der Waals surface area (Å²) in [5.74, 6) is 0.546. The van der Waals surface area contributed by atoms with Crippen LogP contribution in [-0.2, 0) is 10.0 Å². The zero-order chi connectivity index (χ0) is 21.0. The Morgan fingerprint density at radius 1 is 1.07 bits per heavy atom. The molecule has 2 fully saturated rings. The van der Waals surface area contributed by atoms with Crippen LogP contribution >= 0.6 is 23.2 Å². The number of nitrogens with one attached hydrogen (secondary N) is 2. The summed E-state index contributed by atoms with van der Waals surface area (Å²) >= 11 is 12.3. The molecule has 10 heteroatoms. The number of carbonyl (C=O) groups is 1. The van der Waals surface area contributed by atoms with E-state index >= 15 is 0 Å². The molecule has 2 aliphatic rings. The number of amides is 1.